The number of imide groups is 1. The fraction of sp³-hybridized carbons (Fsp3) is 0.200. The standard InChI is InChI=1S/C20H21N5O3S/c1-4-11-25-18(14-7-9-15(28-3)10-8-14)22-23-20(25)29-13-17(26)21-19(27)16-6-5-12-24(16)2/h4-10,12H,1,11,13H2,2-3H3,(H,21,26,27). The smallest absolute Gasteiger partial charge is 0.274 e. The van der Waals surface area contributed by atoms with Gasteiger partial charge in [0, 0.05) is 25.4 Å². The van der Waals surface area contributed by atoms with Gasteiger partial charge in [-0.15, -0.1) is 16.8 Å². The van der Waals surface area contributed by atoms with Gasteiger partial charge >= 0.3 is 0 Å². The van der Waals surface area contributed by atoms with Crippen LogP contribution in [0.25, 0.3) is 11.4 Å². The third-order valence-electron chi connectivity index (χ3n) is 4.14. The molecular weight excluding hydrogens is 390 g/mol. The number of amides is 2. The van der Waals surface area contributed by atoms with Gasteiger partial charge in [0.05, 0.1) is 12.9 Å². The number of hydrogen-bond donors (Lipinski definition) is 1. The van der Waals surface area contributed by atoms with Gasteiger partial charge in [0.25, 0.3) is 5.91 Å². The summed E-state index contributed by atoms with van der Waals surface area (Å²) in [6.45, 7) is 4.26. The molecule has 0 aliphatic rings. The molecule has 1 N–H and O–H groups in total. The Kier molecular flexibility index (Phi) is 6.50. The van der Waals surface area contributed by atoms with Crippen LogP contribution in [0.15, 0.2) is 60.4 Å². The van der Waals surface area contributed by atoms with Crippen molar-refractivity contribution < 1.29 is 14.3 Å². The summed E-state index contributed by atoms with van der Waals surface area (Å²) in [6, 6.07) is 10.9. The Morgan fingerprint density at radius 2 is 2.00 bits per heavy atom. The fourth-order valence-corrected chi connectivity index (χ4v) is 3.44. The first-order chi connectivity index (χ1) is 14.0. The zero-order valence-corrected chi connectivity index (χ0v) is 17.0. The number of allylic oxidation sites excluding steroid dienone is 1. The van der Waals surface area contributed by atoms with Crippen molar-refractivity contribution in [1.82, 2.24) is 24.6 Å². The highest BCUT2D eigenvalue weighted by Gasteiger charge is 2.17. The highest BCUT2D eigenvalue weighted by Crippen LogP contribution is 2.25. The monoisotopic (exact) mass is 411 g/mol. The molecule has 1 aromatic carbocycles. The lowest BCUT2D eigenvalue weighted by molar-refractivity contribution is -0.117. The van der Waals surface area contributed by atoms with E-state index in [0.717, 1.165) is 11.3 Å². The first-order valence-electron chi connectivity index (χ1n) is 8.80. The molecule has 8 nitrogen and oxygen atoms in total. The summed E-state index contributed by atoms with van der Waals surface area (Å²) in [5.74, 6) is 0.608. The number of nitrogens with zero attached hydrogens (tertiary/aromatic N) is 4. The second-order valence-electron chi connectivity index (χ2n) is 6.10. The number of nitrogens with one attached hydrogen (secondary N) is 1. The summed E-state index contributed by atoms with van der Waals surface area (Å²) in [4.78, 5) is 24.3. The van der Waals surface area contributed by atoms with Gasteiger partial charge < -0.3 is 9.30 Å². The molecule has 0 bridgehead atoms. The number of carbonyl (C=O) groups is 2. The number of benzene rings is 1. The Morgan fingerprint density at radius 1 is 1.24 bits per heavy atom. The number of aromatic nitrogens is 4. The van der Waals surface area contributed by atoms with Gasteiger partial charge in [0.15, 0.2) is 11.0 Å². The normalized spacial score (nSPS) is 10.6. The maximum Gasteiger partial charge on any atom is 0.274 e. The zero-order chi connectivity index (χ0) is 20.8. The second-order valence-corrected chi connectivity index (χ2v) is 7.05. The van der Waals surface area contributed by atoms with Gasteiger partial charge in [-0.3, -0.25) is 19.5 Å². The molecule has 2 aromatic heterocycles. The fourth-order valence-electron chi connectivity index (χ4n) is 2.70. The average molecular weight is 411 g/mol. The Morgan fingerprint density at radius 3 is 2.62 bits per heavy atom. The summed E-state index contributed by atoms with van der Waals surface area (Å²) in [6.07, 6.45) is 3.48. The van der Waals surface area contributed by atoms with Crippen LogP contribution in [0.4, 0.5) is 0 Å². The molecule has 0 aliphatic heterocycles. The summed E-state index contributed by atoms with van der Waals surface area (Å²) >= 11 is 1.21. The third-order valence-corrected chi connectivity index (χ3v) is 5.11. The number of carbonyl (C=O) groups excluding carboxylic acids is 2. The highest BCUT2D eigenvalue weighted by atomic mass is 32.2. The lowest BCUT2D eigenvalue weighted by atomic mass is 10.2. The molecule has 2 amide bonds. The largest absolute Gasteiger partial charge is 0.497 e. The second kappa shape index (κ2) is 9.24. The molecule has 0 radical (unpaired) electrons. The molecule has 0 saturated heterocycles. The van der Waals surface area contributed by atoms with Crippen molar-refractivity contribution in [2.75, 3.05) is 12.9 Å². The number of rotatable bonds is 8. The molecule has 3 rings (SSSR count). The van der Waals surface area contributed by atoms with Gasteiger partial charge in [-0.25, -0.2) is 0 Å². The molecule has 0 aliphatic carbocycles. The first kappa shape index (κ1) is 20.4. The van der Waals surface area contributed by atoms with Crippen LogP contribution in [0.5, 0.6) is 5.75 Å². The maximum atomic E-state index is 12.2. The van der Waals surface area contributed by atoms with Crippen LogP contribution in [0, 0.1) is 0 Å². The van der Waals surface area contributed by atoms with E-state index in [1.165, 1.54) is 11.8 Å². The van der Waals surface area contributed by atoms with Gasteiger partial charge in [-0.05, 0) is 36.4 Å². The van der Waals surface area contributed by atoms with Crippen molar-refractivity contribution in [2.45, 2.75) is 11.7 Å². The molecule has 2 heterocycles. The minimum Gasteiger partial charge on any atom is -0.497 e. The zero-order valence-electron chi connectivity index (χ0n) is 16.2. The maximum absolute atomic E-state index is 12.2. The summed E-state index contributed by atoms with van der Waals surface area (Å²) < 4.78 is 8.70. The molecule has 0 spiro atoms. The van der Waals surface area contributed by atoms with E-state index in [9.17, 15) is 9.59 Å². The lowest BCUT2D eigenvalue weighted by Crippen LogP contribution is -2.33. The van der Waals surface area contributed by atoms with Crippen LogP contribution in [0.1, 0.15) is 10.5 Å². The van der Waals surface area contributed by atoms with Gasteiger partial charge in [0.1, 0.15) is 11.4 Å². The molecule has 9 heteroatoms. The molecule has 0 fully saturated rings. The van der Waals surface area contributed by atoms with Gasteiger partial charge in [-0.1, -0.05) is 17.8 Å². The van der Waals surface area contributed by atoms with Crippen LogP contribution >= 0.6 is 11.8 Å². The molecular formula is C20H21N5O3S. The van der Waals surface area contributed by atoms with E-state index in [2.05, 4.69) is 22.1 Å². The van der Waals surface area contributed by atoms with E-state index < -0.39 is 11.8 Å². The average Bonchev–Trinajstić information content (AvgIpc) is 3.33. The van der Waals surface area contributed by atoms with Crippen molar-refractivity contribution in [3.8, 4) is 17.1 Å². The number of aryl methyl sites for hydroxylation is 1. The third kappa shape index (κ3) is 4.75. The summed E-state index contributed by atoms with van der Waals surface area (Å²) in [7, 11) is 3.35. The van der Waals surface area contributed by atoms with E-state index in [-0.39, 0.29) is 5.75 Å². The van der Waals surface area contributed by atoms with Crippen molar-refractivity contribution in [3.05, 3.63) is 60.9 Å². The number of hydrogen-bond acceptors (Lipinski definition) is 6. The Labute approximate surface area is 172 Å². The van der Waals surface area contributed by atoms with E-state index >= 15 is 0 Å². The van der Waals surface area contributed by atoms with Crippen LogP contribution in [0.2, 0.25) is 0 Å². The number of methoxy groups -OCH3 is 1. The van der Waals surface area contributed by atoms with Crippen molar-refractivity contribution in [2.24, 2.45) is 7.05 Å². The number of thioether (sulfide) groups is 1. The minimum absolute atomic E-state index is 0.0358. The highest BCUT2D eigenvalue weighted by molar-refractivity contribution is 7.99. The molecule has 29 heavy (non-hydrogen) atoms. The summed E-state index contributed by atoms with van der Waals surface area (Å²) in [5.41, 5.74) is 1.29. The quantitative estimate of drug-likeness (QED) is 0.452. The Hall–Kier alpha value is -3.33. The van der Waals surface area contributed by atoms with E-state index in [4.69, 9.17) is 4.74 Å². The van der Waals surface area contributed by atoms with Gasteiger partial charge in [-0.2, -0.15) is 0 Å². The molecule has 0 unspecified atom stereocenters. The van der Waals surface area contributed by atoms with E-state index in [1.54, 1.807) is 43.1 Å². The van der Waals surface area contributed by atoms with Crippen molar-refractivity contribution >= 4 is 23.6 Å². The van der Waals surface area contributed by atoms with Crippen LogP contribution < -0.4 is 10.1 Å². The Bertz CT molecular complexity index is 1020. The molecule has 0 saturated carbocycles. The SMILES string of the molecule is C=CCn1c(SCC(=O)NC(=O)c2cccn2C)nnc1-c1ccc(OC)cc1. The molecule has 150 valence electrons. The minimum atomic E-state index is -0.436. The molecule has 3 aromatic rings. The predicted octanol–water partition coefficient (Wildman–Crippen LogP) is 2.53. The van der Waals surface area contributed by atoms with E-state index in [1.807, 2.05) is 28.8 Å². The molecule has 0 atom stereocenters. The predicted molar refractivity (Wildman–Crippen MR) is 111 cm³/mol. The van der Waals surface area contributed by atoms with Crippen LogP contribution in [0.3, 0.4) is 0 Å². The van der Waals surface area contributed by atoms with E-state index in [0.29, 0.717) is 23.2 Å². The van der Waals surface area contributed by atoms with Crippen LogP contribution in [-0.2, 0) is 18.4 Å². The van der Waals surface area contributed by atoms with Gasteiger partial charge in [0.2, 0.25) is 5.91 Å². The Balaban J connectivity index is 1.69. The summed E-state index contributed by atoms with van der Waals surface area (Å²) in [5, 5.41) is 11.4. The lowest BCUT2D eigenvalue weighted by Gasteiger charge is -2.08. The number of ether oxygens (including phenoxy) is 1. The van der Waals surface area contributed by atoms with Crippen molar-refractivity contribution in [3.63, 3.8) is 0 Å². The van der Waals surface area contributed by atoms with Crippen LogP contribution in [-0.4, -0.2) is 44.0 Å². The topological polar surface area (TPSA) is 91.0 Å². The first-order valence-corrected chi connectivity index (χ1v) is 9.79. The van der Waals surface area contributed by atoms with Crippen molar-refractivity contribution in [1.29, 1.82) is 0 Å².